The summed E-state index contributed by atoms with van der Waals surface area (Å²) in [5.74, 6) is -0.607. The molecule has 1 aliphatic heterocycles. The van der Waals surface area contributed by atoms with Crippen molar-refractivity contribution >= 4 is 11.0 Å². The molecule has 164 valence electrons. The zero-order valence-electron chi connectivity index (χ0n) is 16.0. The predicted molar refractivity (Wildman–Crippen MR) is 106 cm³/mol. The number of phenolic OH excluding ortho intramolecular Hbond substituents is 2. The summed E-state index contributed by atoms with van der Waals surface area (Å²) in [6.45, 7) is -0.665. The van der Waals surface area contributed by atoms with Crippen LogP contribution in [0, 0.1) is 0 Å². The van der Waals surface area contributed by atoms with E-state index in [1.165, 1.54) is 42.5 Å². The highest BCUT2D eigenvalue weighted by Crippen LogP contribution is 2.34. The predicted octanol–water partition coefficient (Wildman–Crippen LogP) is 0.0499. The lowest BCUT2D eigenvalue weighted by atomic mass is 9.99. The minimum Gasteiger partial charge on any atom is -0.508 e. The Morgan fingerprint density at radius 3 is 2.26 bits per heavy atom. The monoisotopic (exact) mass is 432 g/mol. The van der Waals surface area contributed by atoms with Gasteiger partial charge >= 0.3 is 0 Å². The van der Waals surface area contributed by atoms with Crippen LogP contribution >= 0.6 is 0 Å². The minimum atomic E-state index is -1.74. The SMILES string of the molecule is O=c1c(O[C@@H]2O[C@H](CO)[C@@H](O)[C@H](O)[C@H]2O)c(-c2ccc(O)cc2)oc2cc(O)ccc12. The molecule has 4 rings (SSSR count). The molecular formula is C21H20O10. The van der Waals surface area contributed by atoms with Crippen molar-refractivity contribution < 1.29 is 44.5 Å². The zero-order chi connectivity index (χ0) is 22.3. The number of rotatable bonds is 4. The molecule has 1 aromatic heterocycles. The smallest absolute Gasteiger partial charge is 0.235 e. The maximum atomic E-state index is 13.2. The molecule has 31 heavy (non-hydrogen) atoms. The second-order valence-corrected chi connectivity index (χ2v) is 7.13. The average molecular weight is 432 g/mol. The Bertz CT molecular complexity index is 1140. The summed E-state index contributed by atoms with van der Waals surface area (Å²) < 4.78 is 16.7. The zero-order valence-corrected chi connectivity index (χ0v) is 16.0. The number of aliphatic hydroxyl groups excluding tert-OH is 4. The molecule has 6 N–H and O–H groups in total. The third kappa shape index (κ3) is 3.82. The van der Waals surface area contributed by atoms with Gasteiger partial charge in [-0.05, 0) is 36.4 Å². The van der Waals surface area contributed by atoms with E-state index in [9.17, 15) is 35.4 Å². The molecule has 2 heterocycles. The van der Waals surface area contributed by atoms with Crippen LogP contribution in [0.4, 0.5) is 0 Å². The van der Waals surface area contributed by atoms with Gasteiger partial charge in [-0.25, -0.2) is 0 Å². The van der Waals surface area contributed by atoms with Gasteiger partial charge in [0, 0.05) is 11.6 Å². The van der Waals surface area contributed by atoms with Crippen LogP contribution < -0.4 is 10.2 Å². The van der Waals surface area contributed by atoms with Crippen LogP contribution in [0.5, 0.6) is 17.2 Å². The van der Waals surface area contributed by atoms with Crippen molar-refractivity contribution in [1.29, 1.82) is 0 Å². The van der Waals surface area contributed by atoms with Crippen molar-refractivity contribution in [2.45, 2.75) is 30.7 Å². The molecule has 1 fully saturated rings. The Labute approximate surface area is 174 Å². The number of phenols is 2. The van der Waals surface area contributed by atoms with E-state index >= 15 is 0 Å². The summed E-state index contributed by atoms with van der Waals surface area (Å²) >= 11 is 0. The van der Waals surface area contributed by atoms with E-state index in [4.69, 9.17) is 13.9 Å². The van der Waals surface area contributed by atoms with Gasteiger partial charge in [0.25, 0.3) is 0 Å². The second kappa shape index (κ2) is 8.17. The van der Waals surface area contributed by atoms with E-state index in [0.717, 1.165) is 0 Å². The van der Waals surface area contributed by atoms with Gasteiger partial charge in [0.2, 0.25) is 17.5 Å². The van der Waals surface area contributed by atoms with E-state index in [1.54, 1.807) is 0 Å². The largest absolute Gasteiger partial charge is 0.508 e. The van der Waals surface area contributed by atoms with E-state index < -0.39 is 42.7 Å². The summed E-state index contributed by atoms with van der Waals surface area (Å²) in [7, 11) is 0. The summed E-state index contributed by atoms with van der Waals surface area (Å²) in [6.07, 6.45) is -7.86. The summed E-state index contributed by atoms with van der Waals surface area (Å²) in [5.41, 5.74) is -0.254. The van der Waals surface area contributed by atoms with Crippen LogP contribution in [0.3, 0.4) is 0 Å². The summed E-state index contributed by atoms with van der Waals surface area (Å²) in [5, 5.41) is 59.0. The average Bonchev–Trinajstić information content (AvgIpc) is 2.76. The first-order valence-electron chi connectivity index (χ1n) is 9.36. The van der Waals surface area contributed by atoms with Gasteiger partial charge in [0.1, 0.15) is 41.5 Å². The van der Waals surface area contributed by atoms with Crippen LogP contribution in [-0.2, 0) is 4.74 Å². The van der Waals surface area contributed by atoms with Crippen molar-refractivity contribution in [1.82, 2.24) is 0 Å². The maximum absolute atomic E-state index is 13.2. The number of fused-ring (bicyclic) bond motifs is 1. The van der Waals surface area contributed by atoms with E-state index in [-0.39, 0.29) is 34.0 Å². The highest BCUT2D eigenvalue weighted by Gasteiger charge is 2.45. The van der Waals surface area contributed by atoms with E-state index in [2.05, 4.69) is 0 Å². The lowest BCUT2D eigenvalue weighted by Crippen LogP contribution is -2.60. The normalized spacial score (nSPS) is 26.1. The lowest BCUT2D eigenvalue weighted by molar-refractivity contribution is -0.277. The summed E-state index contributed by atoms with van der Waals surface area (Å²) in [6, 6.07) is 9.51. The van der Waals surface area contributed by atoms with Crippen LogP contribution in [0.2, 0.25) is 0 Å². The Morgan fingerprint density at radius 1 is 0.903 bits per heavy atom. The van der Waals surface area contributed by atoms with Crippen molar-refractivity contribution in [2.75, 3.05) is 6.61 Å². The molecule has 1 saturated heterocycles. The molecule has 0 radical (unpaired) electrons. The number of aliphatic hydroxyl groups is 4. The molecule has 1 aliphatic rings. The minimum absolute atomic E-state index is 0.0269. The molecule has 0 unspecified atom stereocenters. The van der Waals surface area contributed by atoms with Gasteiger partial charge in [-0.1, -0.05) is 0 Å². The number of ether oxygens (including phenoxy) is 2. The quantitative estimate of drug-likeness (QED) is 0.331. The third-order valence-electron chi connectivity index (χ3n) is 5.05. The van der Waals surface area contributed by atoms with Crippen molar-refractivity contribution in [3.8, 4) is 28.6 Å². The van der Waals surface area contributed by atoms with Gasteiger partial charge < -0.3 is 44.5 Å². The fourth-order valence-corrected chi connectivity index (χ4v) is 3.36. The van der Waals surface area contributed by atoms with Crippen LogP contribution in [0.15, 0.2) is 51.7 Å². The lowest BCUT2D eigenvalue weighted by Gasteiger charge is -2.39. The highest BCUT2D eigenvalue weighted by atomic mass is 16.7. The summed E-state index contributed by atoms with van der Waals surface area (Å²) in [4.78, 5) is 13.2. The molecule has 10 nitrogen and oxygen atoms in total. The number of hydrogen-bond acceptors (Lipinski definition) is 10. The van der Waals surface area contributed by atoms with Crippen molar-refractivity contribution in [3.05, 3.63) is 52.7 Å². The van der Waals surface area contributed by atoms with Gasteiger partial charge in [0.05, 0.1) is 12.0 Å². The van der Waals surface area contributed by atoms with Gasteiger partial charge in [-0.15, -0.1) is 0 Å². The third-order valence-corrected chi connectivity index (χ3v) is 5.05. The van der Waals surface area contributed by atoms with Gasteiger partial charge in [0.15, 0.2) is 5.76 Å². The van der Waals surface area contributed by atoms with Crippen molar-refractivity contribution in [2.24, 2.45) is 0 Å². The highest BCUT2D eigenvalue weighted by molar-refractivity contribution is 5.83. The molecule has 3 aromatic rings. The van der Waals surface area contributed by atoms with Gasteiger partial charge in [-0.2, -0.15) is 0 Å². The molecule has 2 aromatic carbocycles. The Balaban J connectivity index is 1.85. The molecule has 0 spiro atoms. The molecule has 0 amide bonds. The number of hydrogen-bond donors (Lipinski definition) is 6. The molecular weight excluding hydrogens is 412 g/mol. The van der Waals surface area contributed by atoms with Crippen LogP contribution in [0.1, 0.15) is 0 Å². The Morgan fingerprint density at radius 2 is 1.58 bits per heavy atom. The number of benzene rings is 2. The molecule has 10 heteroatoms. The fraction of sp³-hybridized carbons (Fsp3) is 0.286. The number of aromatic hydroxyl groups is 2. The first kappa shape index (κ1) is 21.1. The first-order chi connectivity index (χ1) is 14.8. The molecule has 5 atom stereocenters. The van der Waals surface area contributed by atoms with Crippen molar-refractivity contribution in [3.63, 3.8) is 0 Å². The molecule has 0 saturated carbocycles. The van der Waals surface area contributed by atoms with Crippen LogP contribution in [-0.4, -0.2) is 68.0 Å². The second-order valence-electron chi connectivity index (χ2n) is 7.13. The molecule has 0 aliphatic carbocycles. The Kier molecular flexibility index (Phi) is 5.56. The first-order valence-corrected chi connectivity index (χ1v) is 9.36. The standard InChI is InChI=1S/C21H20O10/c22-8-14-16(26)17(27)18(28)21(30-14)31-20-15(25)12-6-5-11(24)7-13(12)29-19(20)9-1-3-10(23)4-2-9/h1-7,14,16-18,21-24,26-28H,8H2/t14-,16-,17+,18-,21+/m1/s1. The topological polar surface area (TPSA) is 170 Å². The maximum Gasteiger partial charge on any atom is 0.235 e. The molecule has 0 bridgehead atoms. The van der Waals surface area contributed by atoms with Crippen LogP contribution in [0.25, 0.3) is 22.3 Å². The van der Waals surface area contributed by atoms with Gasteiger partial charge in [-0.3, -0.25) is 4.79 Å². The fourth-order valence-electron chi connectivity index (χ4n) is 3.36. The van der Waals surface area contributed by atoms with E-state index in [1.807, 2.05) is 0 Å². The Hall–Kier alpha value is -3.15. The van der Waals surface area contributed by atoms with E-state index in [0.29, 0.717) is 5.56 Å².